The molecule has 0 unspecified atom stereocenters. The van der Waals surface area contributed by atoms with Gasteiger partial charge >= 0.3 is 0 Å². The van der Waals surface area contributed by atoms with Crippen LogP contribution in [0.3, 0.4) is 0 Å². The molecule has 0 atom stereocenters. The first kappa shape index (κ1) is 10.5. The van der Waals surface area contributed by atoms with Crippen LogP contribution in [0, 0.1) is 0 Å². The van der Waals surface area contributed by atoms with Crippen molar-refractivity contribution in [1.29, 1.82) is 0 Å². The SMILES string of the molecule is O=Cc1cccc(Cl)c1N1CCOCC1. The van der Waals surface area contributed by atoms with Gasteiger partial charge in [-0.15, -0.1) is 0 Å². The van der Waals surface area contributed by atoms with Crippen LogP contribution >= 0.6 is 11.6 Å². The Morgan fingerprint density at radius 2 is 2.07 bits per heavy atom. The summed E-state index contributed by atoms with van der Waals surface area (Å²) in [5.74, 6) is 0. The zero-order chi connectivity index (χ0) is 10.7. The molecule has 1 aliphatic heterocycles. The lowest BCUT2D eigenvalue weighted by atomic mass is 10.1. The van der Waals surface area contributed by atoms with Crippen LogP contribution in [-0.2, 0) is 4.74 Å². The van der Waals surface area contributed by atoms with Crippen LogP contribution in [-0.4, -0.2) is 32.6 Å². The van der Waals surface area contributed by atoms with Crippen molar-refractivity contribution in [2.24, 2.45) is 0 Å². The lowest BCUT2D eigenvalue weighted by molar-refractivity contribution is 0.111. The highest BCUT2D eigenvalue weighted by atomic mass is 35.5. The van der Waals surface area contributed by atoms with Crippen LogP contribution in [0.25, 0.3) is 0 Å². The van der Waals surface area contributed by atoms with E-state index in [1.54, 1.807) is 18.2 Å². The summed E-state index contributed by atoms with van der Waals surface area (Å²) < 4.78 is 5.26. The Labute approximate surface area is 93.6 Å². The Bertz CT molecular complexity index is 362. The van der Waals surface area contributed by atoms with Crippen LogP contribution in [0.15, 0.2) is 18.2 Å². The highest BCUT2D eigenvalue weighted by molar-refractivity contribution is 6.33. The number of hydrogen-bond donors (Lipinski definition) is 0. The minimum absolute atomic E-state index is 0.626. The highest BCUT2D eigenvalue weighted by Gasteiger charge is 2.17. The number of ether oxygens (including phenoxy) is 1. The molecule has 0 bridgehead atoms. The zero-order valence-corrected chi connectivity index (χ0v) is 9.04. The van der Waals surface area contributed by atoms with Gasteiger partial charge in [-0.3, -0.25) is 4.79 Å². The van der Waals surface area contributed by atoms with Crippen LogP contribution in [0.1, 0.15) is 10.4 Å². The molecular formula is C11H12ClNO2. The first-order valence-corrected chi connectivity index (χ1v) is 5.27. The van der Waals surface area contributed by atoms with E-state index in [0.717, 1.165) is 25.1 Å². The van der Waals surface area contributed by atoms with Gasteiger partial charge in [0.2, 0.25) is 0 Å². The molecular weight excluding hydrogens is 214 g/mol. The average Bonchev–Trinajstić information content (AvgIpc) is 2.29. The van der Waals surface area contributed by atoms with Crippen molar-refractivity contribution >= 4 is 23.6 Å². The fourth-order valence-electron chi connectivity index (χ4n) is 1.75. The first-order chi connectivity index (χ1) is 7.33. The summed E-state index contributed by atoms with van der Waals surface area (Å²) in [6, 6.07) is 5.37. The number of rotatable bonds is 2. The number of carbonyl (C=O) groups is 1. The van der Waals surface area contributed by atoms with Crippen LogP contribution in [0.2, 0.25) is 5.02 Å². The van der Waals surface area contributed by atoms with E-state index in [4.69, 9.17) is 16.3 Å². The van der Waals surface area contributed by atoms with Gasteiger partial charge in [-0.05, 0) is 12.1 Å². The molecule has 0 amide bonds. The molecule has 80 valence electrons. The van der Waals surface area contributed by atoms with Gasteiger partial charge in [0, 0.05) is 18.7 Å². The number of anilines is 1. The predicted octanol–water partition coefficient (Wildman–Crippen LogP) is 1.99. The Morgan fingerprint density at radius 1 is 1.33 bits per heavy atom. The van der Waals surface area contributed by atoms with E-state index in [1.807, 2.05) is 0 Å². The third-order valence-electron chi connectivity index (χ3n) is 2.47. The molecule has 0 saturated carbocycles. The molecule has 1 aromatic rings. The van der Waals surface area contributed by atoms with Crippen molar-refractivity contribution in [2.75, 3.05) is 31.2 Å². The number of nitrogens with zero attached hydrogens (tertiary/aromatic N) is 1. The maximum Gasteiger partial charge on any atom is 0.152 e. The standard InChI is InChI=1S/C11H12ClNO2/c12-10-3-1-2-9(8-14)11(10)13-4-6-15-7-5-13/h1-3,8H,4-7H2. The summed E-state index contributed by atoms with van der Waals surface area (Å²) in [7, 11) is 0. The summed E-state index contributed by atoms with van der Waals surface area (Å²) in [5.41, 5.74) is 1.47. The molecule has 1 heterocycles. The molecule has 15 heavy (non-hydrogen) atoms. The summed E-state index contributed by atoms with van der Waals surface area (Å²) >= 11 is 6.10. The van der Waals surface area contributed by atoms with Crippen molar-refractivity contribution in [2.45, 2.75) is 0 Å². The minimum Gasteiger partial charge on any atom is -0.378 e. The van der Waals surface area contributed by atoms with Crippen molar-refractivity contribution in [1.82, 2.24) is 0 Å². The van der Waals surface area contributed by atoms with Crippen LogP contribution < -0.4 is 4.90 Å². The van der Waals surface area contributed by atoms with E-state index in [-0.39, 0.29) is 0 Å². The third kappa shape index (κ3) is 2.13. The molecule has 0 aliphatic carbocycles. The van der Waals surface area contributed by atoms with Gasteiger partial charge in [0.15, 0.2) is 6.29 Å². The van der Waals surface area contributed by atoms with Gasteiger partial charge in [-0.1, -0.05) is 17.7 Å². The topological polar surface area (TPSA) is 29.5 Å². The number of para-hydroxylation sites is 1. The minimum atomic E-state index is 0.626. The van der Waals surface area contributed by atoms with Crippen molar-refractivity contribution in [3.8, 4) is 0 Å². The second kappa shape index (κ2) is 4.64. The fourth-order valence-corrected chi connectivity index (χ4v) is 2.05. The summed E-state index contributed by atoms with van der Waals surface area (Å²) in [6.07, 6.45) is 0.844. The molecule has 3 nitrogen and oxygen atoms in total. The number of hydrogen-bond acceptors (Lipinski definition) is 3. The number of carbonyl (C=O) groups excluding carboxylic acids is 1. The van der Waals surface area contributed by atoms with Gasteiger partial charge in [-0.25, -0.2) is 0 Å². The Balaban J connectivity index is 2.35. The van der Waals surface area contributed by atoms with E-state index in [1.165, 1.54) is 0 Å². The molecule has 1 saturated heterocycles. The van der Waals surface area contributed by atoms with Crippen LogP contribution in [0.4, 0.5) is 5.69 Å². The number of benzene rings is 1. The second-order valence-corrected chi connectivity index (χ2v) is 3.80. The van der Waals surface area contributed by atoms with E-state index in [0.29, 0.717) is 23.8 Å². The monoisotopic (exact) mass is 225 g/mol. The Hall–Kier alpha value is -1.06. The van der Waals surface area contributed by atoms with Gasteiger partial charge < -0.3 is 9.64 Å². The molecule has 1 aromatic carbocycles. The van der Waals surface area contributed by atoms with Crippen molar-refractivity contribution in [3.05, 3.63) is 28.8 Å². The van der Waals surface area contributed by atoms with Gasteiger partial charge in [0.05, 0.1) is 23.9 Å². The number of morpholine rings is 1. The summed E-state index contributed by atoms with van der Waals surface area (Å²) in [5, 5.41) is 0.626. The van der Waals surface area contributed by atoms with Crippen molar-refractivity contribution in [3.63, 3.8) is 0 Å². The van der Waals surface area contributed by atoms with Gasteiger partial charge in [0.1, 0.15) is 0 Å². The molecule has 0 N–H and O–H groups in total. The smallest absolute Gasteiger partial charge is 0.152 e. The molecule has 4 heteroatoms. The summed E-state index contributed by atoms with van der Waals surface area (Å²) in [6.45, 7) is 2.93. The lowest BCUT2D eigenvalue weighted by Crippen LogP contribution is -2.37. The first-order valence-electron chi connectivity index (χ1n) is 4.89. The third-order valence-corrected chi connectivity index (χ3v) is 2.78. The second-order valence-electron chi connectivity index (χ2n) is 3.39. The Morgan fingerprint density at radius 3 is 2.73 bits per heavy atom. The zero-order valence-electron chi connectivity index (χ0n) is 8.28. The molecule has 0 aromatic heterocycles. The van der Waals surface area contributed by atoms with Gasteiger partial charge in [0.25, 0.3) is 0 Å². The largest absolute Gasteiger partial charge is 0.378 e. The van der Waals surface area contributed by atoms with E-state index >= 15 is 0 Å². The number of aldehydes is 1. The normalized spacial score (nSPS) is 16.5. The van der Waals surface area contributed by atoms with Gasteiger partial charge in [-0.2, -0.15) is 0 Å². The molecule has 2 rings (SSSR count). The molecule has 0 radical (unpaired) electrons. The fraction of sp³-hybridized carbons (Fsp3) is 0.364. The maximum atomic E-state index is 10.9. The van der Waals surface area contributed by atoms with E-state index in [9.17, 15) is 4.79 Å². The lowest BCUT2D eigenvalue weighted by Gasteiger charge is -2.30. The van der Waals surface area contributed by atoms with E-state index < -0.39 is 0 Å². The quantitative estimate of drug-likeness (QED) is 0.721. The predicted molar refractivity (Wildman–Crippen MR) is 59.9 cm³/mol. The highest BCUT2D eigenvalue weighted by Crippen LogP contribution is 2.29. The van der Waals surface area contributed by atoms with Crippen molar-refractivity contribution < 1.29 is 9.53 Å². The van der Waals surface area contributed by atoms with Crippen LogP contribution in [0.5, 0.6) is 0 Å². The molecule has 1 aliphatic rings. The molecule has 1 fully saturated rings. The molecule has 0 spiro atoms. The summed E-state index contributed by atoms with van der Waals surface area (Å²) in [4.78, 5) is 13.0. The average molecular weight is 226 g/mol. The van der Waals surface area contributed by atoms with E-state index in [2.05, 4.69) is 4.90 Å². The number of halogens is 1. The Kier molecular flexibility index (Phi) is 3.23. The maximum absolute atomic E-state index is 10.9.